The van der Waals surface area contributed by atoms with Gasteiger partial charge < -0.3 is 10.5 Å². The molecule has 0 spiro atoms. The first-order valence-corrected chi connectivity index (χ1v) is 7.34. The Hall–Kier alpha value is -2.15. The van der Waals surface area contributed by atoms with Crippen LogP contribution in [0.1, 0.15) is 10.4 Å². The summed E-state index contributed by atoms with van der Waals surface area (Å²) in [7, 11) is 0. The Morgan fingerprint density at radius 2 is 1.81 bits per heavy atom. The summed E-state index contributed by atoms with van der Waals surface area (Å²) in [6.45, 7) is 0. The predicted molar refractivity (Wildman–Crippen MR) is 89.5 cm³/mol. The van der Waals surface area contributed by atoms with Gasteiger partial charge in [0.25, 0.3) is 5.91 Å². The van der Waals surface area contributed by atoms with Crippen molar-refractivity contribution in [2.45, 2.75) is 0 Å². The average molecular weight is 390 g/mol. The summed E-state index contributed by atoms with van der Waals surface area (Å²) >= 11 is 2.21. The molecule has 5 heteroatoms. The molecule has 104 valence electrons. The number of hydrogen-bond acceptors (Lipinski definition) is 3. The van der Waals surface area contributed by atoms with Crippen molar-refractivity contribution in [2.75, 3.05) is 0 Å². The SMILES string of the molecule is NC(=O)c1cc2ccccc2nc1Oc1ccc(I)cc1. The van der Waals surface area contributed by atoms with E-state index in [0.717, 1.165) is 14.5 Å². The number of pyridine rings is 1. The van der Waals surface area contributed by atoms with Crippen molar-refractivity contribution in [1.29, 1.82) is 0 Å². The largest absolute Gasteiger partial charge is 0.438 e. The number of aromatic nitrogens is 1. The van der Waals surface area contributed by atoms with Crippen LogP contribution < -0.4 is 10.5 Å². The number of carbonyl (C=O) groups excluding carboxylic acids is 1. The van der Waals surface area contributed by atoms with Crippen molar-refractivity contribution < 1.29 is 9.53 Å². The number of nitrogens with zero attached hydrogens (tertiary/aromatic N) is 1. The maximum atomic E-state index is 11.6. The number of amides is 1. The topological polar surface area (TPSA) is 65.2 Å². The molecule has 3 rings (SSSR count). The number of halogens is 1. The summed E-state index contributed by atoms with van der Waals surface area (Å²) in [5, 5.41) is 0.848. The molecule has 1 heterocycles. The Morgan fingerprint density at radius 3 is 2.52 bits per heavy atom. The normalized spacial score (nSPS) is 10.5. The maximum absolute atomic E-state index is 11.6. The molecule has 0 aliphatic rings. The number of carbonyl (C=O) groups is 1. The molecule has 0 saturated heterocycles. The molecule has 0 unspecified atom stereocenters. The Balaban J connectivity index is 2.09. The van der Waals surface area contributed by atoms with Gasteiger partial charge in [0.05, 0.1) is 5.52 Å². The van der Waals surface area contributed by atoms with Crippen LogP contribution in [0.4, 0.5) is 0 Å². The Morgan fingerprint density at radius 1 is 1.10 bits per heavy atom. The van der Waals surface area contributed by atoms with Gasteiger partial charge in [-0.15, -0.1) is 0 Å². The van der Waals surface area contributed by atoms with Crippen LogP contribution in [-0.2, 0) is 0 Å². The monoisotopic (exact) mass is 390 g/mol. The van der Waals surface area contributed by atoms with E-state index in [4.69, 9.17) is 10.5 Å². The van der Waals surface area contributed by atoms with E-state index >= 15 is 0 Å². The second kappa shape index (κ2) is 5.69. The van der Waals surface area contributed by atoms with Gasteiger partial charge in [-0.2, -0.15) is 0 Å². The van der Waals surface area contributed by atoms with Crippen molar-refractivity contribution >= 4 is 39.4 Å². The van der Waals surface area contributed by atoms with E-state index in [1.54, 1.807) is 6.07 Å². The van der Waals surface area contributed by atoms with Gasteiger partial charge in [0.15, 0.2) is 0 Å². The minimum absolute atomic E-state index is 0.224. The average Bonchev–Trinajstić information content (AvgIpc) is 2.48. The maximum Gasteiger partial charge on any atom is 0.254 e. The van der Waals surface area contributed by atoms with E-state index in [1.807, 2.05) is 48.5 Å². The lowest BCUT2D eigenvalue weighted by atomic mass is 10.1. The third-order valence-corrected chi connectivity index (χ3v) is 3.70. The van der Waals surface area contributed by atoms with E-state index in [0.29, 0.717) is 5.75 Å². The summed E-state index contributed by atoms with van der Waals surface area (Å²) in [6, 6.07) is 16.7. The summed E-state index contributed by atoms with van der Waals surface area (Å²) in [6.07, 6.45) is 0. The molecule has 4 nitrogen and oxygen atoms in total. The van der Waals surface area contributed by atoms with Gasteiger partial charge in [-0.1, -0.05) is 18.2 Å². The molecule has 1 amide bonds. The second-order valence-electron chi connectivity index (χ2n) is 4.45. The van der Waals surface area contributed by atoms with Gasteiger partial charge in [-0.3, -0.25) is 4.79 Å². The van der Waals surface area contributed by atoms with Crippen LogP contribution in [0.5, 0.6) is 11.6 Å². The predicted octanol–water partition coefficient (Wildman–Crippen LogP) is 3.73. The summed E-state index contributed by atoms with van der Waals surface area (Å²) in [5.74, 6) is 0.275. The molecule has 0 aliphatic carbocycles. The number of benzene rings is 2. The molecule has 1 aromatic heterocycles. The van der Waals surface area contributed by atoms with E-state index in [-0.39, 0.29) is 11.4 Å². The lowest BCUT2D eigenvalue weighted by molar-refractivity contribution is 0.0997. The quantitative estimate of drug-likeness (QED) is 0.694. The molecule has 0 bridgehead atoms. The first-order chi connectivity index (χ1) is 10.1. The molecule has 2 N–H and O–H groups in total. The fourth-order valence-corrected chi connectivity index (χ4v) is 2.33. The summed E-state index contributed by atoms with van der Waals surface area (Å²) in [4.78, 5) is 16.0. The van der Waals surface area contributed by atoms with Gasteiger partial charge in [0.1, 0.15) is 11.3 Å². The van der Waals surface area contributed by atoms with E-state index in [9.17, 15) is 4.79 Å². The molecular formula is C16H11IN2O2. The van der Waals surface area contributed by atoms with Gasteiger partial charge in [0, 0.05) is 8.96 Å². The number of primary amides is 1. The van der Waals surface area contributed by atoms with Gasteiger partial charge in [-0.25, -0.2) is 4.98 Å². The van der Waals surface area contributed by atoms with Crippen molar-refractivity contribution in [3.63, 3.8) is 0 Å². The minimum Gasteiger partial charge on any atom is -0.438 e. The zero-order chi connectivity index (χ0) is 14.8. The van der Waals surface area contributed by atoms with Crippen LogP contribution in [0.3, 0.4) is 0 Å². The van der Waals surface area contributed by atoms with E-state index in [2.05, 4.69) is 27.6 Å². The standard InChI is InChI=1S/C16H11IN2O2/c17-11-5-7-12(8-6-11)21-16-13(15(18)20)9-10-3-1-2-4-14(10)19-16/h1-9H,(H2,18,20). The second-order valence-corrected chi connectivity index (χ2v) is 5.70. The van der Waals surface area contributed by atoms with Crippen LogP contribution >= 0.6 is 22.6 Å². The van der Waals surface area contributed by atoms with Crippen molar-refractivity contribution in [1.82, 2.24) is 4.98 Å². The van der Waals surface area contributed by atoms with E-state index < -0.39 is 5.91 Å². The number of rotatable bonds is 3. The van der Waals surface area contributed by atoms with Crippen LogP contribution in [0.15, 0.2) is 54.6 Å². The lowest BCUT2D eigenvalue weighted by Crippen LogP contribution is -2.13. The molecule has 0 fully saturated rings. The fourth-order valence-electron chi connectivity index (χ4n) is 1.97. The number of para-hydroxylation sites is 1. The molecule has 0 radical (unpaired) electrons. The highest BCUT2D eigenvalue weighted by molar-refractivity contribution is 14.1. The highest BCUT2D eigenvalue weighted by Gasteiger charge is 2.13. The van der Waals surface area contributed by atoms with Gasteiger partial charge in [0.2, 0.25) is 5.88 Å². The first-order valence-electron chi connectivity index (χ1n) is 6.26. The zero-order valence-corrected chi connectivity index (χ0v) is 13.1. The van der Waals surface area contributed by atoms with Crippen LogP contribution in [-0.4, -0.2) is 10.9 Å². The Labute approximate surface area is 135 Å². The van der Waals surface area contributed by atoms with E-state index in [1.165, 1.54) is 0 Å². The Kier molecular flexibility index (Phi) is 3.74. The molecule has 2 aromatic carbocycles. The number of nitrogens with two attached hydrogens (primary N) is 1. The van der Waals surface area contributed by atoms with Crippen molar-refractivity contribution in [2.24, 2.45) is 5.73 Å². The number of ether oxygens (including phenoxy) is 1. The van der Waals surface area contributed by atoms with Crippen molar-refractivity contribution in [3.05, 3.63) is 63.7 Å². The van der Waals surface area contributed by atoms with Crippen molar-refractivity contribution in [3.8, 4) is 11.6 Å². The summed E-state index contributed by atoms with van der Waals surface area (Å²) < 4.78 is 6.82. The first kappa shape index (κ1) is 13.8. The van der Waals surface area contributed by atoms with Gasteiger partial charge >= 0.3 is 0 Å². The number of hydrogen-bond donors (Lipinski definition) is 1. The van der Waals surface area contributed by atoms with Crippen LogP contribution in [0.2, 0.25) is 0 Å². The highest BCUT2D eigenvalue weighted by atomic mass is 127. The summed E-state index contributed by atoms with van der Waals surface area (Å²) in [5.41, 5.74) is 6.45. The molecule has 0 saturated carbocycles. The minimum atomic E-state index is -0.561. The molecule has 0 atom stereocenters. The number of fused-ring (bicyclic) bond motifs is 1. The fraction of sp³-hybridized carbons (Fsp3) is 0. The van der Waals surface area contributed by atoms with Crippen LogP contribution in [0.25, 0.3) is 10.9 Å². The van der Waals surface area contributed by atoms with Gasteiger partial charge in [-0.05, 0) is 59.0 Å². The third kappa shape index (κ3) is 2.97. The smallest absolute Gasteiger partial charge is 0.254 e. The molecule has 21 heavy (non-hydrogen) atoms. The molecule has 0 aliphatic heterocycles. The molecular weight excluding hydrogens is 379 g/mol. The third-order valence-electron chi connectivity index (χ3n) is 2.98. The zero-order valence-electron chi connectivity index (χ0n) is 10.9. The molecule has 3 aromatic rings. The Bertz CT molecular complexity index is 816. The lowest BCUT2D eigenvalue weighted by Gasteiger charge is -2.09. The van der Waals surface area contributed by atoms with Crippen LogP contribution in [0, 0.1) is 3.57 Å². The highest BCUT2D eigenvalue weighted by Crippen LogP contribution is 2.27.